The van der Waals surface area contributed by atoms with E-state index in [2.05, 4.69) is 46.8 Å². The highest BCUT2D eigenvalue weighted by molar-refractivity contribution is 5.77. The lowest BCUT2D eigenvalue weighted by Crippen LogP contribution is -2.05. The maximum Gasteiger partial charge on any atom is 0.0904 e. The fraction of sp³-hybridized carbons (Fsp3) is 0.500. The minimum absolute atomic E-state index is 0.00610. The fourth-order valence-electron chi connectivity index (χ4n) is 2.94. The van der Waals surface area contributed by atoms with Crippen LogP contribution in [0.15, 0.2) is 17.7 Å². The Hall–Kier alpha value is -1.08. The lowest BCUT2D eigenvalue weighted by atomic mass is 9.93. The van der Waals surface area contributed by atoms with Gasteiger partial charge in [0.1, 0.15) is 0 Å². The van der Waals surface area contributed by atoms with E-state index in [0.29, 0.717) is 0 Å². The Labute approximate surface area is 104 Å². The third kappa shape index (κ3) is 2.04. The third-order valence-corrected chi connectivity index (χ3v) is 3.98. The number of allylic oxidation sites excluding steroid dienone is 1. The van der Waals surface area contributed by atoms with Crippen LogP contribution in [-0.2, 0) is 4.74 Å². The summed E-state index contributed by atoms with van der Waals surface area (Å²) in [4.78, 5) is 0. The topological polar surface area (TPSA) is 9.23 Å². The van der Waals surface area contributed by atoms with Crippen LogP contribution in [0.4, 0.5) is 0 Å². The van der Waals surface area contributed by atoms with Crippen LogP contribution < -0.4 is 0 Å². The highest BCUT2D eigenvalue weighted by atomic mass is 16.5. The van der Waals surface area contributed by atoms with Crippen molar-refractivity contribution in [2.24, 2.45) is 0 Å². The highest BCUT2D eigenvalue weighted by Gasteiger charge is 2.46. The Morgan fingerprint density at radius 1 is 1.18 bits per heavy atom. The van der Waals surface area contributed by atoms with Crippen molar-refractivity contribution in [1.82, 2.24) is 0 Å². The van der Waals surface area contributed by atoms with Gasteiger partial charge >= 0.3 is 0 Å². The van der Waals surface area contributed by atoms with Crippen molar-refractivity contribution in [2.45, 2.75) is 46.6 Å². The molecule has 1 aromatic rings. The molecule has 1 aromatic carbocycles. The number of methoxy groups -OCH3 is 1. The standard InChI is InChI=1S/C16H22O/c1-10-7-11(2)15(12(3)8-10)13(4)14-9-16(14,5)17-6/h7-8H,9H2,1-6H3. The first-order valence-corrected chi connectivity index (χ1v) is 6.22. The highest BCUT2D eigenvalue weighted by Crippen LogP contribution is 2.50. The van der Waals surface area contributed by atoms with E-state index in [0.717, 1.165) is 6.42 Å². The average molecular weight is 230 g/mol. The van der Waals surface area contributed by atoms with E-state index in [1.165, 1.54) is 33.4 Å². The summed E-state index contributed by atoms with van der Waals surface area (Å²) in [7, 11) is 1.80. The van der Waals surface area contributed by atoms with E-state index in [-0.39, 0.29) is 5.60 Å². The Morgan fingerprint density at radius 2 is 1.71 bits per heavy atom. The third-order valence-electron chi connectivity index (χ3n) is 3.98. The normalized spacial score (nSPS) is 26.0. The molecule has 0 N–H and O–H groups in total. The lowest BCUT2D eigenvalue weighted by Gasteiger charge is -2.13. The molecule has 1 aliphatic rings. The van der Waals surface area contributed by atoms with Crippen LogP contribution in [0.5, 0.6) is 0 Å². The summed E-state index contributed by atoms with van der Waals surface area (Å²) < 4.78 is 5.55. The number of ether oxygens (including phenoxy) is 1. The van der Waals surface area contributed by atoms with Gasteiger partial charge in [-0.3, -0.25) is 0 Å². The molecule has 0 spiro atoms. The molecule has 0 aliphatic heterocycles. The predicted octanol–water partition coefficient (Wildman–Crippen LogP) is 4.19. The summed E-state index contributed by atoms with van der Waals surface area (Å²) in [5.74, 6) is 0. The molecule has 0 saturated heterocycles. The Morgan fingerprint density at radius 3 is 2.12 bits per heavy atom. The van der Waals surface area contributed by atoms with Crippen molar-refractivity contribution in [1.29, 1.82) is 0 Å². The second-order valence-electron chi connectivity index (χ2n) is 5.49. The summed E-state index contributed by atoms with van der Waals surface area (Å²) in [5, 5.41) is 0. The van der Waals surface area contributed by atoms with Crippen LogP contribution in [0.1, 0.15) is 42.5 Å². The zero-order chi connectivity index (χ0) is 12.8. The van der Waals surface area contributed by atoms with Crippen LogP contribution in [0.3, 0.4) is 0 Å². The molecule has 1 heteroatoms. The summed E-state index contributed by atoms with van der Waals surface area (Å²) in [6, 6.07) is 4.53. The lowest BCUT2D eigenvalue weighted by molar-refractivity contribution is 0.109. The molecule has 2 rings (SSSR count). The zero-order valence-corrected chi connectivity index (χ0v) is 11.8. The monoisotopic (exact) mass is 230 g/mol. The second-order valence-corrected chi connectivity index (χ2v) is 5.49. The summed E-state index contributed by atoms with van der Waals surface area (Å²) in [6.45, 7) is 11.0. The van der Waals surface area contributed by atoms with E-state index in [9.17, 15) is 0 Å². The molecule has 0 amide bonds. The SMILES string of the molecule is COC1(C)CC1=C(C)c1c(C)cc(C)cc1C. The van der Waals surface area contributed by atoms with E-state index in [4.69, 9.17) is 4.74 Å². The molecular weight excluding hydrogens is 208 g/mol. The number of hydrogen-bond donors (Lipinski definition) is 0. The molecular formula is C16H22O. The summed E-state index contributed by atoms with van der Waals surface area (Å²) in [6.07, 6.45) is 1.07. The van der Waals surface area contributed by atoms with Crippen molar-refractivity contribution in [3.63, 3.8) is 0 Å². The van der Waals surface area contributed by atoms with E-state index in [1.807, 2.05) is 0 Å². The minimum Gasteiger partial charge on any atom is -0.374 e. The Bertz CT molecular complexity index is 473. The van der Waals surface area contributed by atoms with Crippen molar-refractivity contribution < 1.29 is 4.74 Å². The molecule has 1 aliphatic carbocycles. The van der Waals surface area contributed by atoms with Crippen molar-refractivity contribution in [3.05, 3.63) is 40.0 Å². The molecule has 0 aromatic heterocycles. The predicted molar refractivity (Wildman–Crippen MR) is 73.3 cm³/mol. The van der Waals surface area contributed by atoms with Gasteiger partial charge in [-0.1, -0.05) is 17.7 Å². The van der Waals surface area contributed by atoms with E-state index >= 15 is 0 Å². The Balaban J connectivity index is 2.50. The maximum atomic E-state index is 5.55. The van der Waals surface area contributed by atoms with Gasteiger partial charge in [-0.15, -0.1) is 0 Å². The molecule has 1 fully saturated rings. The molecule has 17 heavy (non-hydrogen) atoms. The molecule has 1 nitrogen and oxygen atoms in total. The number of rotatable bonds is 2. The summed E-state index contributed by atoms with van der Waals surface area (Å²) >= 11 is 0. The van der Waals surface area contributed by atoms with Gasteiger partial charge in [-0.2, -0.15) is 0 Å². The molecule has 1 unspecified atom stereocenters. The molecule has 92 valence electrons. The zero-order valence-electron chi connectivity index (χ0n) is 11.8. The summed E-state index contributed by atoms with van der Waals surface area (Å²) in [5.41, 5.74) is 8.35. The van der Waals surface area contributed by atoms with Crippen LogP contribution in [-0.4, -0.2) is 12.7 Å². The average Bonchev–Trinajstić information content (AvgIpc) is 2.90. The molecule has 0 bridgehead atoms. The minimum atomic E-state index is -0.00610. The second kappa shape index (κ2) is 3.99. The quantitative estimate of drug-likeness (QED) is 0.740. The number of aryl methyl sites for hydroxylation is 3. The molecule has 0 radical (unpaired) electrons. The van der Waals surface area contributed by atoms with Gasteiger partial charge < -0.3 is 4.74 Å². The van der Waals surface area contributed by atoms with Gasteiger partial charge in [-0.05, 0) is 62.5 Å². The molecule has 1 atom stereocenters. The van der Waals surface area contributed by atoms with E-state index in [1.54, 1.807) is 7.11 Å². The van der Waals surface area contributed by atoms with Gasteiger partial charge in [0.05, 0.1) is 5.60 Å². The maximum absolute atomic E-state index is 5.55. The fourth-order valence-corrected chi connectivity index (χ4v) is 2.94. The van der Waals surface area contributed by atoms with Gasteiger partial charge in [0.15, 0.2) is 0 Å². The Kier molecular flexibility index (Phi) is 2.90. The van der Waals surface area contributed by atoms with Gasteiger partial charge in [0.2, 0.25) is 0 Å². The smallest absolute Gasteiger partial charge is 0.0904 e. The molecule has 1 saturated carbocycles. The van der Waals surface area contributed by atoms with Crippen molar-refractivity contribution in [3.8, 4) is 0 Å². The number of hydrogen-bond acceptors (Lipinski definition) is 1. The first-order valence-electron chi connectivity index (χ1n) is 6.22. The molecule has 0 heterocycles. The van der Waals surface area contributed by atoms with Crippen LogP contribution in [0.2, 0.25) is 0 Å². The van der Waals surface area contributed by atoms with E-state index < -0.39 is 0 Å². The van der Waals surface area contributed by atoms with Crippen LogP contribution >= 0.6 is 0 Å². The van der Waals surface area contributed by atoms with Gasteiger partial charge in [0.25, 0.3) is 0 Å². The van der Waals surface area contributed by atoms with Gasteiger partial charge in [0, 0.05) is 13.5 Å². The largest absolute Gasteiger partial charge is 0.374 e. The number of benzene rings is 1. The first-order chi connectivity index (χ1) is 7.89. The van der Waals surface area contributed by atoms with Crippen LogP contribution in [0, 0.1) is 20.8 Å². The van der Waals surface area contributed by atoms with Crippen LogP contribution in [0.25, 0.3) is 5.57 Å². The van der Waals surface area contributed by atoms with Crippen molar-refractivity contribution in [2.75, 3.05) is 7.11 Å². The van der Waals surface area contributed by atoms with Gasteiger partial charge in [-0.25, -0.2) is 0 Å². The van der Waals surface area contributed by atoms with Crippen molar-refractivity contribution >= 4 is 5.57 Å². The first kappa shape index (κ1) is 12.4.